The van der Waals surface area contributed by atoms with Gasteiger partial charge in [-0.2, -0.15) is 0 Å². The first-order valence-corrected chi connectivity index (χ1v) is 13.4. The number of rotatable bonds is 8. The van der Waals surface area contributed by atoms with Crippen molar-refractivity contribution < 1.29 is 14.3 Å². The molecule has 3 saturated heterocycles. The van der Waals surface area contributed by atoms with Crippen LogP contribution >= 0.6 is 0 Å². The number of ether oxygens (including phenoxy) is 1. The van der Waals surface area contributed by atoms with Gasteiger partial charge in [-0.3, -0.25) is 14.6 Å². The summed E-state index contributed by atoms with van der Waals surface area (Å²) >= 11 is 0. The van der Waals surface area contributed by atoms with E-state index in [1.54, 1.807) is 12.0 Å². The molecule has 2 aromatic carbocycles. The number of hydrogen-bond donors (Lipinski definition) is 0. The Balaban J connectivity index is 1.14. The second kappa shape index (κ2) is 11.3. The number of piperazine rings is 1. The minimum atomic E-state index is -0.243. The molecule has 3 amide bonds. The van der Waals surface area contributed by atoms with Gasteiger partial charge in [-0.25, -0.2) is 4.79 Å². The quantitative estimate of drug-likeness (QED) is 0.519. The van der Waals surface area contributed by atoms with Crippen molar-refractivity contribution in [3.05, 3.63) is 60.2 Å². The van der Waals surface area contributed by atoms with Crippen molar-refractivity contribution in [3.63, 3.8) is 0 Å². The van der Waals surface area contributed by atoms with Gasteiger partial charge in [0.25, 0.3) is 0 Å². The van der Waals surface area contributed by atoms with Crippen molar-refractivity contribution in [1.82, 2.24) is 14.7 Å². The lowest BCUT2D eigenvalue weighted by molar-refractivity contribution is -0.135. The van der Waals surface area contributed by atoms with Crippen molar-refractivity contribution in [2.75, 3.05) is 57.8 Å². The highest BCUT2D eigenvalue weighted by Gasteiger charge is 2.47. The lowest BCUT2D eigenvalue weighted by Crippen LogP contribution is -2.62. The third kappa shape index (κ3) is 5.07. The van der Waals surface area contributed by atoms with Crippen LogP contribution in [0.3, 0.4) is 0 Å². The zero-order valence-electron chi connectivity index (χ0n) is 21.3. The van der Waals surface area contributed by atoms with E-state index < -0.39 is 0 Å². The molecule has 7 heteroatoms. The predicted octanol–water partition coefficient (Wildman–Crippen LogP) is 4.20. The molecule has 0 aliphatic carbocycles. The number of nitrogens with zero attached hydrogens (tertiary/aromatic N) is 4. The number of carbonyl (C=O) groups is 2. The van der Waals surface area contributed by atoms with E-state index in [4.69, 9.17) is 4.74 Å². The molecule has 36 heavy (non-hydrogen) atoms. The molecule has 0 N–H and O–H groups in total. The lowest BCUT2D eigenvalue weighted by atomic mass is 9.82. The lowest BCUT2D eigenvalue weighted by Gasteiger charge is -2.47. The first-order chi connectivity index (χ1) is 17.7. The fraction of sp³-hybridized carbons (Fsp3) is 0.517. The van der Waals surface area contributed by atoms with E-state index in [2.05, 4.69) is 21.9 Å². The molecule has 2 atom stereocenters. The summed E-state index contributed by atoms with van der Waals surface area (Å²) in [6.45, 7) is 6.20. The van der Waals surface area contributed by atoms with Crippen LogP contribution in [0.1, 0.15) is 43.6 Å². The standard InChI is InChI=1S/C29H38N4O3/c1-36-26-15-6-5-13-24(26)31-21-19-30(20-22-31)16-9-10-18-33-28(34)27(23-11-3-2-4-12-23)25-14-7-8-17-32(25)29(33)35/h2-6,11-13,15,25,27H,7-10,14,16-22H2,1H3/t25-,27-/m1/s1. The SMILES string of the molecule is COc1ccccc1N1CCN(CCCCN2C(=O)[C@H](c3ccccc3)[C@H]3CCCCN3C2=O)CC1. The zero-order chi connectivity index (χ0) is 24.9. The van der Waals surface area contributed by atoms with Gasteiger partial charge in [-0.15, -0.1) is 0 Å². The topological polar surface area (TPSA) is 56.3 Å². The number of anilines is 1. The van der Waals surface area contributed by atoms with Crippen LogP contribution < -0.4 is 9.64 Å². The van der Waals surface area contributed by atoms with Crippen molar-refractivity contribution in [1.29, 1.82) is 0 Å². The van der Waals surface area contributed by atoms with Crippen LogP contribution in [0.25, 0.3) is 0 Å². The van der Waals surface area contributed by atoms with Gasteiger partial charge in [0, 0.05) is 45.3 Å². The van der Waals surface area contributed by atoms with Crippen LogP contribution in [0, 0.1) is 0 Å². The Morgan fingerprint density at radius 3 is 2.33 bits per heavy atom. The summed E-state index contributed by atoms with van der Waals surface area (Å²) in [7, 11) is 1.72. The van der Waals surface area contributed by atoms with Gasteiger partial charge in [-0.1, -0.05) is 42.5 Å². The van der Waals surface area contributed by atoms with Gasteiger partial charge in [0.2, 0.25) is 5.91 Å². The number of fused-ring (bicyclic) bond motifs is 1. The molecule has 192 valence electrons. The molecule has 0 unspecified atom stereocenters. The monoisotopic (exact) mass is 490 g/mol. The Bertz CT molecular complexity index is 1040. The van der Waals surface area contributed by atoms with E-state index in [9.17, 15) is 9.59 Å². The second-order valence-electron chi connectivity index (χ2n) is 10.1. The van der Waals surface area contributed by atoms with Gasteiger partial charge in [0.05, 0.1) is 18.7 Å². The van der Waals surface area contributed by atoms with E-state index in [1.165, 1.54) is 0 Å². The molecule has 2 aromatic rings. The summed E-state index contributed by atoms with van der Waals surface area (Å²) in [5.41, 5.74) is 2.19. The number of para-hydroxylation sites is 2. The maximum atomic E-state index is 13.6. The number of hydrogen-bond acceptors (Lipinski definition) is 5. The molecular formula is C29H38N4O3. The van der Waals surface area contributed by atoms with Crippen LogP contribution in [0.5, 0.6) is 5.75 Å². The maximum absolute atomic E-state index is 13.6. The average Bonchev–Trinajstić information content (AvgIpc) is 2.93. The number of imide groups is 1. The van der Waals surface area contributed by atoms with Gasteiger partial charge >= 0.3 is 6.03 Å². The Labute approximate surface area is 214 Å². The third-order valence-electron chi connectivity index (χ3n) is 8.01. The zero-order valence-corrected chi connectivity index (χ0v) is 21.3. The van der Waals surface area contributed by atoms with E-state index >= 15 is 0 Å². The molecule has 7 nitrogen and oxygen atoms in total. The number of benzene rings is 2. The molecule has 0 saturated carbocycles. The van der Waals surface area contributed by atoms with Gasteiger partial charge < -0.3 is 14.5 Å². The van der Waals surface area contributed by atoms with Gasteiger partial charge in [-0.05, 0) is 56.3 Å². The van der Waals surface area contributed by atoms with Crippen LogP contribution in [-0.4, -0.2) is 85.6 Å². The number of piperidine rings is 1. The Hall–Kier alpha value is -3.06. The fourth-order valence-corrected chi connectivity index (χ4v) is 6.06. The Kier molecular flexibility index (Phi) is 7.75. The van der Waals surface area contributed by atoms with E-state index in [-0.39, 0.29) is 23.9 Å². The summed E-state index contributed by atoms with van der Waals surface area (Å²) in [6, 6.07) is 18.1. The highest BCUT2D eigenvalue weighted by Crippen LogP contribution is 2.36. The van der Waals surface area contributed by atoms with Crippen LogP contribution in [0.2, 0.25) is 0 Å². The molecule has 0 bridgehead atoms. The van der Waals surface area contributed by atoms with Crippen molar-refractivity contribution in [2.24, 2.45) is 0 Å². The largest absolute Gasteiger partial charge is 0.495 e. The average molecular weight is 491 g/mol. The minimum Gasteiger partial charge on any atom is -0.495 e. The van der Waals surface area contributed by atoms with Crippen LogP contribution in [-0.2, 0) is 4.79 Å². The highest BCUT2D eigenvalue weighted by molar-refractivity contribution is 6.01. The van der Waals surface area contributed by atoms with Crippen LogP contribution in [0.15, 0.2) is 54.6 Å². The molecular weight excluding hydrogens is 452 g/mol. The van der Waals surface area contributed by atoms with Gasteiger partial charge in [0.15, 0.2) is 0 Å². The minimum absolute atomic E-state index is 0.00284. The van der Waals surface area contributed by atoms with Crippen LogP contribution in [0.4, 0.5) is 10.5 Å². The van der Waals surface area contributed by atoms with Crippen molar-refractivity contribution in [3.8, 4) is 5.75 Å². The number of urea groups is 1. The Morgan fingerprint density at radius 2 is 1.56 bits per heavy atom. The number of carbonyl (C=O) groups excluding carboxylic acids is 2. The molecule has 3 aliphatic rings. The van der Waals surface area contributed by atoms with E-state index in [0.29, 0.717) is 6.54 Å². The maximum Gasteiger partial charge on any atom is 0.326 e. The summed E-state index contributed by atoms with van der Waals surface area (Å²) in [6.07, 6.45) is 4.82. The number of amides is 3. The number of methoxy groups -OCH3 is 1. The van der Waals surface area contributed by atoms with E-state index in [1.807, 2.05) is 47.4 Å². The molecule has 3 aliphatic heterocycles. The summed E-state index contributed by atoms with van der Waals surface area (Å²) in [5, 5.41) is 0. The normalized spacial score (nSPS) is 23.1. The Morgan fingerprint density at radius 1 is 0.833 bits per heavy atom. The van der Waals surface area contributed by atoms with E-state index in [0.717, 1.165) is 88.4 Å². The smallest absolute Gasteiger partial charge is 0.326 e. The summed E-state index contributed by atoms with van der Waals surface area (Å²) in [5.74, 6) is 0.665. The summed E-state index contributed by atoms with van der Waals surface area (Å²) < 4.78 is 5.53. The van der Waals surface area contributed by atoms with Crippen molar-refractivity contribution in [2.45, 2.75) is 44.1 Å². The first-order valence-electron chi connectivity index (χ1n) is 13.4. The van der Waals surface area contributed by atoms with Gasteiger partial charge in [0.1, 0.15) is 5.75 Å². The molecule has 0 spiro atoms. The molecule has 0 radical (unpaired) electrons. The van der Waals surface area contributed by atoms with Crippen molar-refractivity contribution >= 4 is 17.6 Å². The molecule has 3 fully saturated rings. The fourth-order valence-electron chi connectivity index (χ4n) is 6.06. The number of unbranched alkanes of at least 4 members (excludes halogenated alkanes) is 1. The molecule has 0 aromatic heterocycles. The third-order valence-corrected chi connectivity index (χ3v) is 8.01. The first kappa shape index (κ1) is 24.6. The second-order valence-corrected chi connectivity index (χ2v) is 10.1. The summed E-state index contributed by atoms with van der Waals surface area (Å²) in [4.78, 5) is 35.2. The molecule has 5 rings (SSSR count). The predicted molar refractivity (Wildman–Crippen MR) is 142 cm³/mol. The molecule has 3 heterocycles. The highest BCUT2D eigenvalue weighted by atomic mass is 16.5.